The largest absolute Gasteiger partial charge is 0.497 e. The molecule has 5 heteroatoms. The summed E-state index contributed by atoms with van der Waals surface area (Å²) in [5.74, 6) is 0.555. The Balaban J connectivity index is 2.17. The zero-order chi connectivity index (χ0) is 14.6. The van der Waals surface area contributed by atoms with Crippen molar-refractivity contribution in [2.24, 2.45) is 0 Å². The van der Waals surface area contributed by atoms with Crippen LogP contribution in [-0.2, 0) is 16.3 Å². The summed E-state index contributed by atoms with van der Waals surface area (Å²) >= 11 is 0. The maximum Gasteiger partial charge on any atom is 0.178 e. The molecule has 0 saturated heterocycles. The molecule has 0 heterocycles. The minimum atomic E-state index is -3.34. The standard InChI is InChI=1S/C15H17NO3S/c1-19-13-6-4-7-14(11-13)20(17,18)10-9-12-5-2-3-8-15(12)16/h2-8,11H,9-10,16H2,1H3. The van der Waals surface area contributed by atoms with Gasteiger partial charge in [0.1, 0.15) is 5.75 Å². The third-order valence-corrected chi connectivity index (χ3v) is 4.81. The van der Waals surface area contributed by atoms with Crippen molar-refractivity contribution in [3.63, 3.8) is 0 Å². The first-order valence-corrected chi connectivity index (χ1v) is 7.88. The van der Waals surface area contributed by atoms with Crippen LogP contribution < -0.4 is 10.5 Å². The van der Waals surface area contributed by atoms with E-state index in [9.17, 15) is 8.42 Å². The second kappa shape index (κ2) is 5.96. The Morgan fingerprint density at radius 2 is 1.85 bits per heavy atom. The van der Waals surface area contributed by atoms with Gasteiger partial charge in [-0.25, -0.2) is 8.42 Å². The number of methoxy groups -OCH3 is 1. The summed E-state index contributed by atoms with van der Waals surface area (Å²) in [7, 11) is -1.83. The van der Waals surface area contributed by atoms with Crippen molar-refractivity contribution >= 4 is 15.5 Å². The molecular weight excluding hydrogens is 274 g/mol. The monoisotopic (exact) mass is 291 g/mol. The molecule has 0 aliphatic heterocycles. The average molecular weight is 291 g/mol. The molecule has 0 amide bonds. The smallest absolute Gasteiger partial charge is 0.178 e. The Morgan fingerprint density at radius 3 is 2.55 bits per heavy atom. The molecule has 2 rings (SSSR count). The van der Waals surface area contributed by atoms with E-state index in [1.807, 2.05) is 18.2 Å². The molecule has 0 atom stereocenters. The number of nitrogens with two attached hydrogens (primary N) is 1. The number of hydrogen-bond donors (Lipinski definition) is 1. The van der Waals surface area contributed by atoms with E-state index in [1.54, 1.807) is 24.3 Å². The van der Waals surface area contributed by atoms with Crippen molar-refractivity contribution in [2.45, 2.75) is 11.3 Å². The van der Waals surface area contributed by atoms with Crippen LogP contribution in [-0.4, -0.2) is 21.3 Å². The average Bonchev–Trinajstić information content (AvgIpc) is 2.46. The molecule has 0 radical (unpaired) electrons. The van der Waals surface area contributed by atoms with Crippen molar-refractivity contribution in [3.8, 4) is 5.75 Å². The highest BCUT2D eigenvalue weighted by atomic mass is 32.2. The molecule has 0 fully saturated rings. The Kier molecular flexibility index (Phi) is 4.29. The lowest BCUT2D eigenvalue weighted by Crippen LogP contribution is -2.10. The first-order valence-electron chi connectivity index (χ1n) is 6.23. The molecule has 0 saturated carbocycles. The van der Waals surface area contributed by atoms with Crippen LogP contribution in [0.4, 0.5) is 5.69 Å². The van der Waals surface area contributed by atoms with Crippen molar-refractivity contribution in [2.75, 3.05) is 18.6 Å². The van der Waals surface area contributed by atoms with E-state index in [2.05, 4.69) is 0 Å². The van der Waals surface area contributed by atoms with Gasteiger partial charge >= 0.3 is 0 Å². The molecule has 0 spiro atoms. The highest BCUT2D eigenvalue weighted by Gasteiger charge is 2.15. The Bertz CT molecular complexity index is 696. The summed E-state index contributed by atoms with van der Waals surface area (Å²) in [4.78, 5) is 0.270. The second-order valence-electron chi connectivity index (χ2n) is 4.45. The molecule has 20 heavy (non-hydrogen) atoms. The lowest BCUT2D eigenvalue weighted by Gasteiger charge is -2.08. The number of aryl methyl sites for hydroxylation is 1. The van der Waals surface area contributed by atoms with Crippen molar-refractivity contribution in [1.29, 1.82) is 0 Å². The van der Waals surface area contributed by atoms with Gasteiger partial charge in [-0.3, -0.25) is 0 Å². The lowest BCUT2D eigenvalue weighted by atomic mass is 10.1. The SMILES string of the molecule is COc1cccc(S(=O)(=O)CCc2ccccc2N)c1. The maximum atomic E-state index is 12.3. The Morgan fingerprint density at radius 1 is 1.10 bits per heavy atom. The van der Waals surface area contributed by atoms with Crippen LogP contribution in [0.25, 0.3) is 0 Å². The van der Waals surface area contributed by atoms with E-state index in [1.165, 1.54) is 13.2 Å². The summed E-state index contributed by atoms with van der Waals surface area (Å²) in [6, 6.07) is 13.8. The van der Waals surface area contributed by atoms with Crippen LogP contribution in [0.15, 0.2) is 53.4 Å². The first kappa shape index (κ1) is 14.4. The number of sulfone groups is 1. The van der Waals surface area contributed by atoms with E-state index in [4.69, 9.17) is 10.5 Å². The van der Waals surface area contributed by atoms with E-state index in [-0.39, 0.29) is 10.6 Å². The van der Waals surface area contributed by atoms with Crippen LogP contribution >= 0.6 is 0 Å². The third-order valence-electron chi connectivity index (χ3n) is 3.10. The zero-order valence-electron chi connectivity index (χ0n) is 11.2. The van der Waals surface area contributed by atoms with Crippen LogP contribution in [0.5, 0.6) is 5.75 Å². The normalized spacial score (nSPS) is 11.2. The Labute approximate surface area is 119 Å². The predicted octanol–water partition coefficient (Wildman–Crippen LogP) is 2.29. The summed E-state index contributed by atoms with van der Waals surface area (Å²) < 4.78 is 29.6. The fourth-order valence-electron chi connectivity index (χ4n) is 1.92. The number of anilines is 1. The summed E-state index contributed by atoms with van der Waals surface area (Å²) in [5, 5.41) is 0. The minimum absolute atomic E-state index is 0.0222. The second-order valence-corrected chi connectivity index (χ2v) is 6.56. The van der Waals surface area contributed by atoms with Crippen LogP contribution in [0.3, 0.4) is 0 Å². The minimum Gasteiger partial charge on any atom is -0.497 e. The Hall–Kier alpha value is -2.01. The number of benzene rings is 2. The van der Waals surface area contributed by atoms with Gasteiger partial charge in [0.25, 0.3) is 0 Å². The van der Waals surface area contributed by atoms with Crippen molar-refractivity contribution in [1.82, 2.24) is 0 Å². The summed E-state index contributed by atoms with van der Waals surface area (Å²) in [5.41, 5.74) is 7.28. The lowest BCUT2D eigenvalue weighted by molar-refractivity contribution is 0.413. The highest BCUT2D eigenvalue weighted by molar-refractivity contribution is 7.91. The van der Waals surface area contributed by atoms with Gasteiger partial charge in [-0.05, 0) is 36.2 Å². The molecule has 4 nitrogen and oxygen atoms in total. The molecule has 106 valence electrons. The van der Waals surface area contributed by atoms with Gasteiger partial charge < -0.3 is 10.5 Å². The number of rotatable bonds is 5. The van der Waals surface area contributed by atoms with Crippen molar-refractivity contribution < 1.29 is 13.2 Å². The number of nitrogen functional groups attached to an aromatic ring is 1. The van der Waals surface area contributed by atoms with Gasteiger partial charge in [-0.15, -0.1) is 0 Å². The molecule has 0 bridgehead atoms. The summed E-state index contributed by atoms with van der Waals surface area (Å²) in [6.07, 6.45) is 0.395. The fourth-order valence-corrected chi connectivity index (χ4v) is 3.22. The number of para-hydroxylation sites is 1. The zero-order valence-corrected chi connectivity index (χ0v) is 12.1. The highest BCUT2D eigenvalue weighted by Crippen LogP contribution is 2.20. The molecule has 0 unspecified atom stereocenters. The predicted molar refractivity (Wildman–Crippen MR) is 79.6 cm³/mol. The molecule has 2 aromatic rings. The number of hydrogen-bond acceptors (Lipinski definition) is 4. The summed E-state index contributed by atoms with van der Waals surface area (Å²) in [6.45, 7) is 0. The fraction of sp³-hybridized carbons (Fsp3) is 0.200. The topological polar surface area (TPSA) is 69.4 Å². The van der Waals surface area contributed by atoms with E-state index < -0.39 is 9.84 Å². The van der Waals surface area contributed by atoms with Gasteiger partial charge in [0, 0.05) is 5.69 Å². The molecule has 2 N–H and O–H groups in total. The maximum absolute atomic E-state index is 12.3. The van der Waals surface area contributed by atoms with Gasteiger partial charge in [0.2, 0.25) is 0 Å². The molecule has 0 aliphatic rings. The molecule has 0 aliphatic carbocycles. The van der Waals surface area contributed by atoms with Gasteiger partial charge in [0.15, 0.2) is 9.84 Å². The first-order chi connectivity index (χ1) is 9.53. The van der Waals surface area contributed by atoms with Gasteiger partial charge in [0.05, 0.1) is 17.8 Å². The molecule has 0 aromatic heterocycles. The number of ether oxygens (including phenoxy) is 1. The third kappa shape index (κ3) is 3.30. The van der Waals surface area contributed by atoms with Gasteiger partial charge in [-0.1, -0.05) is 24.3 Å². The van der Waals surface area contributed by atoms with E-state index in [0.29, 0.717) is 17.9 Å². The van der Waals surface area contributed by atoms with Crippen LogP contribution in [0.2, 0.25) is 0 Å². The molecular formula is C15H17NO3S. The van der Waals surface area contributed by atoms with Crippen molar-refractivity contribution in [3.05, 3.63) is 54.1 Å². The van der Waals surface area contributed by atoms with Crippen LogP contribution in [0.1, 0.15) is 5.56 Å². The van der Waals surface area contributed by atoms with E-state index >= 15 is 0 Å². The molecule has 2 aromatic carbocycles. The van der Waals surface area contributed by atoms with Gasteiger partial charge in [-0.2, -0.15) is 0 Å². The quantitative estimate of drug-likeness (QED) is 0.858. The van der Waals surface area contributed by atoms with Crippen LogP contribution in [0, 0.1) is 0 Å². The van der Waals surface area contributed by atoms with E-state index in [0.717, 1.165) is 5.56 Å².